The smallest absolute Gasteiger partial charge is 0.256 e. The number of amides is 1. The maximum absolute atomic E-state index is 12.7. The van der Waals surface area contributed by atoms with Crippen molar-refractivity contribution in [3.63, 3.8) is 0 Å². The third-order valence-electron chi connectivity index (χ3n) is 4.11. The van der Waals surface area contributed by atoms with Gasteiger partial charge in [0.15, 0.2) is 0 Å². The Balaban J connectivity index is 1.79. The first-order chi connectivity index (χ1) is 9.69. The van der Waals surface area contributed by atoms with Gasteiger partial charge in [-0.2, -0.15) is 0 Å². The van der Waals surface area contributed by atoms with Gasteiger partial charge in [0.2, 0.25) is 0 Å². The number of anilines is 1. The lowest BCUT2D eigenvalue weighted by molar-refractivity contribution is -0.129. The van der Waals surface area contributed by atoms with Crippen LogP contribution in [-0.4, -0.2) is 24.2 Å². The lowest BCUT2D eigenvalue weighted by Crippen LogP contribution is -2.40. The number of carbonyl (C=O) groups is 1. The Morgan fingerprint density at radius 2 is 1.95 bits per heavy atom. The van der Waals surface area contributed by atoms with E-state index in [-0.39, 0.29) is 18.1 Å². The Bertz CT molecular complexity index is 482. The summed E-state index contributed by atoms with van der Waals surface area (Å²) in [4.78, 5) is 14.6. The van der Waals surface area contributed by atoms with Gasteiger partial charge in [-0.05, 0) is 50.3 Å². The van der Waals surface area contributed by atoms with Crippen molar-refractivity contribution in [3.8, 4) is 0 Å². The van der Waals surface area contributed by atoms with Crippen LogP contribution >= 0.6 is 0 Å². The zero-order valence-electron chi connectivity index (χ0n) is 11.9. The van der Waals surface area contributed by atoms with Crippen LogP contribution in [0, 0.1) is 0 Å². The number of nitrogens with zero attached hydrogens (tertiary/aromatic N) is 1. The van der Waals surface area contributed by atoms with Crippen molar-refractivity contribution < 1.29 is 9.53 Å². The Morgan fingerprint density at radius 1 is 1.25 bits per heavy atom. The summed E-state index contributed by atoms with van der Waals surface area (Å²) in [7, 11) is 0. The molecule has 108 valence electrons. The molecule has 2 atom stereocenters. The van der Waals surface area contributed by atoms with Gasteiger partial charge >= 0.3 is 0 Å². The summed E-state index contributed by atoms with van der Waals surface area (Å²) < 4.78 is 5.74. The van der Waals surface area contributed by atoms with E-state index in [1.165, 1.54) is 0 Å². The van der Waals surface area contributed by atoms with Gasteiger partial charge in [0.05, 0.1) is 6.10 Å². The second kappa shape index (κ2) is 5.54. The molecular weight excluding hydrogens is 252 g/mol. The van der Waals surface area contributed by atoms with E-state index in [1.54, 1.807) is 0 Å². The van der Waals surface area contributed by atoms with Crippen LogP contribution in [-0.2, 0) is 16.1 Å². The molecule has 0 spiro atoms. The van der Waals surface area contributed by atoms with E-state index >= 15 is 0 Å². The molecule has 20 heavy (non-hydrogen) atoms. The quantitative estimate of drug-likeness (QED) is 0.916. The first-order valence-corrected chi connectivity index (χ1v) is 7.46. The third-order valence-corrected chi connectivity index (χ3v) is 4.11. The highest BCUT2D eigenvalue weighted by Crippen LogP contribution is 2.34. The highest BCUT2D eigenvalue weighted by Gasteiger charge is 2.39. The van der Waals surface area contributed by atoms with Crippen LogP contribution in [0.3, 0.4) is 0 Å². The Morgan fingerprint density at radius 3 is 2.45 bits per heavy atom. The molecule has 0 aromatic heterocycles. The minimum absolute atomic E-state index is 0.123. The molecule has 2 N–H and O–H groups in total. The molecular formula is C16H22N2O2. The lowest BCUT2D eigenvalue weighted by Gasteiger charge is -2.25. The monoisotopic (exact) mass is 274 g/mol. The Kier molecular flexibility index (Phi) is 3.76. The third kappa shape index (κ3) is 2.72. The largest absolute Gasteiger partial charge is 0.365 e. The van der Waals surface area contributed by atoms with Gasteiger partial charge in [0.25, 0.3) is 5.91 Å². The normalized spacial score (nSPS) is 25.7. The van der Waals surface area contributed by atoms with Crippen LogP contribution in [0.4, 0.5) is 5.69 Å². The van der Waals surface area contributed by atoms with Gasteiger partial charge in [-0.25, -0.2) is 0 Å². The average molecular weight is 274 g/mol. The highest BCUT2D eigenvalue weighted by molar-refractivity contribution is 5.97. The van der Waals surface area contributed by atoms with Crippen LogP contribution in [0.25, 0.3) is 0 Å². The number of carbonyl (C=O) groups excluding carboxylic acids is 1. The Labute approximate surface area is 119 Å². The number of hydrogen-bond donors (Lipinski definition) is 1. The number of rotatable bonds is 4. The van der Waals surface area contributed by atoms with Crippen LogP contribution in [0.1, 0.15) is 38.2 Å². The Hall–Kier alpha value is -1.39. The summed E-state index contributed by atoms with van der Waals surface area (Å²) in [5.74, 6) is 0.123. The molecule has 1 heterocycles. The van der Waals surface area contributed by atoms with E-state index in [9.17, 15) is 4.79 Å². The topological polar surface area (TPSA) is 55.6 Å². The molecule has 0 radical (unpaired) electrons. The van der Waals surface area contributed by atoms with Crippen molar-refractivity contribution in [2.45, 2.75) is 57.4 Å². The van der Waals surface area contributed by atoms with E-state index in [2.05, 4.69) is 0 Å². The maximum Gasteiger partial charge on any atom is 0.256 e. The van der Waals surface area contributed by atoms with Crippen molar-refractivity contribution in [2.75, 3.05) is 4.90 Å². The first kappa shape index (κ1) is 13.6. The molecule has 1 aromatic carbocycles. The van der Waals surface area contributed by atoms with E-state index in [1.807, 2.05) is 36.1 Å². The predicted octanol–water partition coefficient (Wildman–Crippen LogP) is 2.21. The number of ether oxygens (including phenoxy) is 1. The molecule has 1 aromatic rings. The SMILES string of the molecule is CC1CCC(C(=O)N(c2ccc(CN)cc2)C2CC2)O1. The van der Waals surface area contributed by atoms with Gasteiger partial charge in [-0.1, -0.05) is 12.1 Å². The molecule has 2 aliphatic rings. The van der Waals surface area contributed by atoms with Crippen LogP contribution in [0.15, 0.2) is 24.3 Å². The summed E-state index contributed by atoms with van der Waals surface area (Å²) in [6.45, 7) is 2.56. The van der Waals surface area contributed by atoms with Crippen molar-refractivity contribution in [3.05, 3.63) is 29.8 Å². The van der Waals surface area contributed by atoms with Gasteiger partial charge in [0.1, 0.15) is 6.10 Å². The average Bonchev–Trinajstić information content (AvgIpc) is 3.20. The second-order valence-corrected chi connectivity index (χ2v) is 5.82. The molecule has 2 unspecified atom stereocenters. The second-order valence-electron chi connectivity index (χ2n) is 5.82. The minimum atomic E-state index is -0.264. The number of hydrogen-bond acceptors (Lipinski definition) is 3. The summed E-state index contributed by atoms with van der Waals surface area (Å²) in [5.41, 5.74) is 7.68. The van der Waals surface area contributed by atoms with Crippen molar-refractivity contribution >= 4 is 11.6 Å². The van der Waals surface area contributed by atoms with E-state index in [4.69, 9.17) is 10.5 Å². The molecule has 4 heteroatoms. The molecule has 2 fully saturated rings. The number of nitrogens with two attached hydrogens (primary N) is 1. The van der Waals surface area contributed by atoms with Gasteiger partial charge in [-0.3, -0.25) is 4.79 Å². The number of benzene rings is 1. The van der Waals surface area contributed by atoms with Gasteiger partial charge < -0.3 is 15.4 Å². The van der Waals surface area contributed by atoms with E-state index in [0.717, 1.165) is 36.9 Å². The van der Waals surface area contributed by atoms with Crippen LogP contribution < -0.4 is 10.6 Å². The zero-order chi connectivity index (χ0) is 14.1. The minimum Gasteiger partial charge on any atom is -0.365 e. The fourth-order valence-electron chi connectivity index (χ4n) is 2.78. The molecule has 1 aliphatic heterocycles. The van der Waals surface area contributed by atoms with Gasteiger partial charge in [0, 0.05) is 18.3 Å². The van der Waals surface area contributed by atoms with Crippen molar-refractivity contribution in [1.82, 2.24) is 0 Å². The van der Waals surface area contributed by atoms with Gasteiger partial charge in [-0.15, -0.1) is 0 Å². The standard InChI is InChI=1S/C16H22N2O2/c1-11-2-9-15(20-11)16(19)18(14-7-8-14)13-5-3-12(10-17)4-6-13/h3-6,11,14-15H,2,7-10,17H2,1H3. The molecule has 1 aliphatic carbocycles. The summed E-state index contributed by atoms with van der Waals surface area (Å²) in [5, 5.41) is 0. The maximum atomic E-state index is 12.7. The van der Waals surface area contributed by atoms with Crippen LogP contribution in [0.5, 0.6) is 0 Å². The highest BCUT2D eigenvalue weighted by atomic mass is 16.5. The van der Waals surface area contributed by atoms with Crippen molar-refractivity contribution in [1.29, 1.82) is 0 Å². The molecule has 0 bridgehead atoms. The van der Waals surface area contributed by atoms with Crippen LogP contribution in [0.2, 0.25) is 0 Å². The molecule has 3 rings (SSSR count). The molecule has 1 saturated carbocycles. The summed E-state index contributed by atoms with van der Waals surface area (Å²) in [6, 6.07) is 8.34. The lowest BCUT2D eigenvalue weighted by atomic mass is 10.1. The fraction of sp³-hybridized carbons (Fsp3) is 0.562. The van der Waals surface area contributed by atoms with Crippen molar-refractivity contribution in [2.24, 2.45) is 5.73 Å². The molecule has 1 saturated heterocycles. The molecule has 4 nitrogen and oxygen atoms in total. The predicted molar refractivity (Wildman–Crippen MR) is 78.4 cm³/mol. The fourth-order valence-corrected chi connectivity index (χ4v) is 2.78. The van der Waals surface area contributed by atoms with E-state index in [0.29, 0.717) is 12.6 Å². The molecule has 1 amide bonds. The zero-order valence-corrected chi connectivity index (χ0v) is 11.9. The van der Waals surface area contributed by atoms with E-state index < -0.39 is 0 Å². The summed E-state index contributed by atoms with van der Waals surface area (Å²) >= 11 is 0. The first-order valence-electron chi connectivity index (χ1n) is 7.46. The summed E-state index contributed by atoms with van der Waals surface area (Å²) in [6.07, 6.45) is 3.93.